The van der Waals surface area contributed by atoms with Crippen LogP contribution in [0.1, 0.15) is 30.9 Å². The van der Waals surface area contributed by atoms with Gasteiger partial charge >= 0.3 is 6.03 Å². The normalized spacial score (nSPS) is 15.2. The first kappa shape index (κ1) is 13.6. The molecule has 19 heavy (non-hydrogen) atoms. The average molecular weight is 260 g/mol. The zero-order valence-electron chi connectivity index (χ0n) is 11.1. The van der Waals surface area contributed by atoms with Crippen LogP contribution in [0.5, 0.6) is 0 Å². The zero-order chi connectivity index (χ0) is 13.7. The molecule has 0 radical (unpaired) electrons. The number of rotatable bonds is 5. The van der Waals surface area contributed by atoms with E-state index in [4.69, 9.17) is 5.11 Å². The molecule has 1 aliphatic rings. The Balaban J connectivity index is 1.74. The molecule has 1 aliphatic carbocycles. The highest BCUT2D eigenvalue weighted by Gasteiger charge is 2.22. The molecule has 0 saturated heterocycles. The van der Waals surface area contributed by atoms with Gasteiger partial charge in [-0.05, 0) is 36.8 Å². The van der Waals surface area contributed by atoms with Gasteiger partial charge in [0.2, 0.25) is 0 Å². The molecule has 1 aromatic rings. The molecule has 4 nitrogen and oxygen atoms in total. The first-order valence-corrected chi connectivity index (χ1v) is 6.58. The van der Waals surface area contributed by atoms with E-state index in [1.54, 1.807) is 6.20 Å². The summed E-state index contributed by atoms with van der Waals surface area (Å²) < 4.78 is 0. The van der Waals surface area contributed by atoms with Crippen molar-refractivity contribution in [3.8, 4) is 0 Å². The lowest BCUT2D eigenvalue weighted by atomic mass is 10.1. The molecule has 1 fully saturated rings. The fraction of sp³-hybridized carbons (Fsp3) is 0.400. The summed E-state index contributed by atoms with van der Waals surface area (Å²) in [7, 11) is 0. The van der Waals surface area contributed by atoms with Crippen LogP contribution in [0.15, 0.2) is 36.0 Å². The van der Waals surface area contributed by atoms with Crippen LogP contribution >= 0.6 is 0 Å². The smallest absolute Gasteiger partial charge is 0.319 e. The van der Waals surface area contributed by atoms with Crippen molar-refractivity contribution in [3.63, 3.8) is 0 Å². The zero-order valence-corrected chi connectivity index (χ0v) is 11.1. The van der Waals surface area contributed by atoms with E-state index in [0.29, 0.717) is 12.5 Å². The number of aliphatic hydroxyl groups is 1. The Labute approximate surface area is 113 Å². The molecular weight excluding hydrogens is 240 g/mol. The summed E-state index contributed by atoms with van der Waals surface area (Å²) in [5.74, 6) is 0.673. The molecule has 0 heterocycles. The second-order valence-electron chi connectivity index (χ2n) is 4.96. The lowest BCUT2D eigenvalue weighted by Gasteiger charge is -2.06. The molecule has 3 N–H and O–H groups in total. The van der Waals surface area contributed by atoms with Crippen molar-refractivity contribution in [1.82, 2.24) is 10.6 Å². The van der Waals surface area contributed by atoms with Crippen LogP contribution < -0.4 is 10.6 Å². The number of hydrogen-bond acceptors (Lipinski definition) is 2. The monoisotopic (exact) mass is 260 g/mol. The first-order chi connectivity index (χ1) is 9.19. The van der Waals surface area contributed by atoms with Crippen molar-refractivity contribution in [1.29, 1.82) is 0 Å². The second-order valence-corrected chi connectivity index (χ2v) is 4.96. The standard InChI is InChI=1S/C15H20N2O2/c1-11(14-6-7-14)8-16-15(19)17-9-12-2-4-13(10-18)5-3-12/h2-5,8,14,18H,6-7,9-10H2,1H3,(H2,16,17,19)/b11-8+. The number of benzene rings is 1. The Bertz CT molecular complexity index is 462. The molecule has 0 bridgehead atoms. The lowest BCUT2D eigenvalue weighted by Crippen LogP contribution is -2.31. The van der Waals surface area contributed by atoms with Crippen LogP contribution in [0.25, 0.3) is 0 Å². The SMILES string of the molecule is C/C(=C\NC(=O)NCc1ccc(CO)cc1)C1CC1. The maximum Gasteiger partial charge on any atom is 0.319 e. The van der Waals surface area contributed by atoms with Crippen LogP contribution in [-0.4, -0.2) is 11.1 Å². The number of amides is 2. The van der Waals surface area contributed by atoms with Gasteiger partial charge in [0.15, 0.2) is 0 Å². The summed E-state index contributed by atoms with van der Waals surface area (Å²) in [4.78, 5) is 11.6. The molecule has 4 heteroatoms. The predicted molar refractivity (Wildman–Crippen MR) is 74.2 cm³/mol. The third-order valence-corrected chi connectivity index (χ3v) is 3.31. The van der Waals surface area contributed by atoms with Crippen molar-refractivity contribution in [3.05, 3.63) is 47.2 Å². The Morgan fingerprint density at radius 1 is 1.32 bits per heavy atom. The lowest BCUT2D eigenvalue weighted by molar-refractivity contribution is 0.243. The maximum atomic E-state index is 11.6. The molecule has 0 spiro atoms. The molecule has 1 aromatic carbocycles. The minimum absolute atomic E-state index is 0.0411. The fourth-order valence-corrected chi connectivity index (χ4v) is 1.83. The molecule has 0 atom stereocenters. The van der Waals surface area contributed by atoms with Crippen molar-refractivity contribution >= 4 is 6.03 Å². The second kappa shape index (κ2) is 6.38. The summed E-state index contributed by atoms with van der Waals surface area (Å²) in [6.07, 6.45) is 4.27. The van der Waals surface area contributed by atoms with Gasteiger partial charge in [0, 0.05) is 12.7 Å². The highest BCUT2D eigenvalue weighted by atomic mass is 16.3. The molecular formula is C15H20N2O2. The first-order valence-electron chi connectivity index (χ1n) is 6.58. The minimum Gasteiger partial charge on any atom is -0.392 e. The van der Waals surface area contributed by atoms with Gasteiger partial charge in [0.25, 0.3) is 0 Å². The van der Waals surface area contributed by atoms with Crippen molar-refractivity contribution < 1.29 is 9.90 Å². The maximum absolute atomic E-state index is 11.6. The molecule has 0 unspecified atom stereocenters. The van der Waals surface area contributed by atoms with E-state index in [9.17, 15) is 4.79 Å². The van der Waals surface area contributed by atoms with Crippen LogP contribution in [0.2, 0.25) is 0 Å². The van der Waals surface area contributed by atoms with E-state index in [2.05, 4.69) is 10.6 Å². The molecule has 2 amide bonds. The van der Waals surface area contributed by atoms with E-state index in [0.717, 1.165) is 11.1 Å². The van der Waals surface area contributed by atoms with Gasteiger partial charge in [0.1, 0.15) is 0 Å². The van der Waals surface area contributed by atoms with Crippen LogP contribution in [0.4, 0.5) is 4.79 Å². The minimum atomic E-state index is -0.189. The number of hydrogen-bond donors (Lipinski definition) is 3. The summed E-state index contributed by atoms with van der Waals surface area (Å²) in [5, 5.41) is 14.5. The van der Waals surface area contributed by atoms with Gasteiger partial charge in [-0.25, -0.2) is 4.79 Å². The molecule has 0 aromatic heterocycles. The average Bonchev–Trinajstić information content (AvgIpc) is 3.27. The Morgan fingerprint density at radius 3 is 2.53 bits per heavy atom. The van der Waals surface area contributed by atoms with E-state index < -0.39 is 0 Å². The van der Waals surface area contributed by atoms with Crippen LogP contribution in [0.3, 0.4) is 0 Å². The summed E-state index contributed by atoms with van der Waals surface area (Å²) >= 11 is 0. The molecule has 102 valence electrons. The van der Waals surface area contributed by atoms with Gasteiger partial charge in [-0.2, -0.15) is 0 Å². The van der Waals surface area contributed by atoms with Crippen molar-refractivity contribution in [2.24, 2.45) is 5.92 Å². The number of aliphatic hydroxyl groups excluding tert-OH is 1. The number of urea groups is 1. The van der Waals surface area contributed by atoms with Gasteiger partial charge < -0.3 is 15.7 Å². The van der Waals surface area contributed by atoms with Crippen molar-refractivity contribution in [2.45, 2.75) is 32.9 Å². The summed E-state index contributed by atoms with van der Waals surface area (Å²) in [6.45, 7) is 2.57. The van der Waals surface area contributed by atoms with Crippen LogP contribution in [0, 0.1) is 5.92 Å². The van der Waals surface area contributed by atoms with Gasteiger partial charge in [-0.1, -0.05) is 29.8 Å². The Kier molecular flexibility index (Phi) is 4.58. The quantitative estimate of drug-likeness (QED) is 0.760. The van der Waals surface area contributed by atoms with Crippen molar-refractivity contribution in [2.75, 3.05) is 0 Å². The van der Waals surface area contributed by atoms with E-state index >= 15 is 0 Å². The molecule has 2 rings (SSSR count). The van der Waals surface area contributed by atoms with E-state index in [1.165, 1.54) is 18.4 Å². The third-order valence-electron chi connectivity index (χ3n) is 3.31. The molecule has 1 saturated carbocycles. The van der Waals surface area contributed by atoms with Gasteiger partial charge in [-0.3, -0.25) is 0 Å². The highest BCUT2D eigenvalue weighted by Crippen LogP contribution is 2.35. The largest absolute Gasteiger partial charge is 0.392 e. The Hall–Kier alpha value is -1.81. The predicted octanol–water partition coefficient (Wildman–Crippen LogP) is 2.29. The molecule has 0 aliphatic heterocycles. The topological polar surface area (TPSA) is 61.4 Å². The number of allylic oxidation sites excluding steroid dienone is 1. The Morgan fingerprint density at radius 2 is 1.95 bits per heavy atom. The number of carbonyl (C=O) groups excluding carboxylic acids is 1. The fourth-order valence-electron chi connectivity index (χ4n) is 1.83. The van der Waals surface area contributed by atoms with E-state index in [-0.39, 0.29) is 12.6 Å². The summed E-state index contributed by atoms with van der Waals surface area (Å²) in [6, 6.07) is 7.32. The van der Waals surface area contributed by atoms with Gasteiger partial charge in [-0.15, -0.1) is 0 Å². The van der Waals surface area contributed by atoms with Crippen LogP contribution in [-0.2, 0) is 13.2 Å². The van der Waals surface area contributed by atoms with E-state index in [1.807, 2.05) is 31.2 Å². The van der Waals surface area contributed by atoms with Gasteiger partial charge in [0.05, 0.1) is 6.61 Å². The number of nitrogens with one attached hydrogen (secondary N) is 2. The summed E-state index contributed by atoms with van der Waals surface area (Å²) in [5.41, 5.74) is 3.12. The number of carbonyl (C=O) groups is 1. The third kappa shape index (κ3) is 4.41. The highest BCUT2D eigenvalue weighted by molar-refractivity contribution is 5.74.